The molecule has 0 saturated carbocycles. The number of benzene rings is 4. The van der Waals surface area contributed by atoms with Crippen LogP contribution in [0.25, 0.3) is 10.8 Å². The fourth-order valence-electron chi connectivity index (χ4n) is 5.74. The molecule has 4 atom stereocenters. The first-order valence-corrected chi connectivity index (χ1v) is 17.1. The monoisotopic (exact) mass is 698 g/mol. The lowest BCUT2D eigenvalue weighted by atomic mass is 9.94. The van der Waals surface area contributed by atoms with E-state index in [-0.39, 0.29) is 31.2 Å². The molecule has 0 saturated heterocycles. The molecule has 51 heavy (non-hydrogen) atoms. The molecule has 3 amide bonds. The molecule has 11 nitrogen and oxygen atoms in total. The van der Waals surface area contributed by atoms with E-state index in [0.29, 0.717) is 11.3 Å². The van der Waals surface area contributed by atoms with Gasteiger partial charge in [0, 0.05) is 24.7 Å². The third-order valence-electron chi connectivity index (χ3n) is 8.42. The Labute approximate surface area is 299 Å². The molecule has 0 aromatic heterocycles. The summed E-state index contributed by atoms with van der Waals surface area (Å²) >= 11 is 0. The van der Waals surface area contributed by atoms with Gasteiger partial charge in [0.25, 0.3) is 0 Å². The standard InChI is InChI=1S/C40H50N4O7/c1-25(2)34(37(47)42-24-29-19-20-30(50-6)22-33(29)45)44-38(48)35(41-23-28-17-12-16-27-15-10-11-18-31(27)28)36(46)32(21-26-13-8-7-9-14-26)43-39(49)51-40(3,4)5/h7-20,22,25,32,34-36,41,45-46H,21,23-24H2,1-6H3,(H,42,47)(H,43,49)(H,44,48)/t32-,34-,35+,36+/m0/s1. The van der Waals surface area contributed by atoms with Crippen LogP contribution in [-0.2, 0) is 33.8 Å². The van der Waals surface area contributed by atoms with Crippen LogP contribution in [0.3, 0.4) is 0 Å². The van der Waals surface area contributed by atoms with E-state index < -0.39 is 47.7 Å². The van der Waals surface area contributed by atoms with Crippen molar-refractivity contribution in [2.45, 2.75) is 84.0 Å². The number of carbonyl (C=O) groups is 3. The first-order valence-electron chi connectivity index (χ1n) is 17.1. The van der Waals surface area contributed by atoms with Crippen molar-refractivity contribution in [3.8, 4) is 11.5 Å². The van der Waals surface area contributed by atoms with Gasteiger partial charge >= 0.3 is 6.09 Å². The second kappa shape index (κ2) is 17.7. The van der Waals surface area contributed by atoms with Crippen LogP contribution < -0.4 is 26.0 Å². The second-order valence-corrected chi connectivity index (χ2v) is 13.9. The van der Waals surface area contributed by atoms with Crippen LogP contribution in [0.5, 0.6) is 11.5 Å². The average Bonchev–Trinajstić information content (AvgIpc) is 3.09. The SMILES string of the molecule is COc1ccc(CNC(=O)[C@@H](NC(=O)[C@H](NCc2cccc3ccccc23)[C@H](O)[C@H](Cc2ccccc2)NC(=O)OC(C)(C)C)C(C)C)c(O)c1. The minimum absolute atomic E-state index is 0.0120. The van der Waals surface area contributed by atoms with Gasteiger partial charge in [-0.2, -0.15) is 0 Å². The van der Waals surface area contributed by atoms with E-state index in [2.05, 4.69) is 21.3 Å². The van der Waals surface area contributed by atoms with Crippen LogP contribution in [0, 0.1) is 5.92 Å². The van der Waals surface area contributed by atoms with Crippen molar-refractivity contribution < 1.29 is 34.1 Å². The third kappa shape index (κ3) is 11.2. The first-order chi connectivity index (χ1) is 24.3. The molecule has 4 aromatic carbocycles. The molecule has 0 aliphatic rings. The topological polar surface area (TPSA) is 158 Å². The summed E-state index contributed by atoms with van der Waals surface area (Å²) in [6.07, 6.45) is -2.00. The Hall–Kier alpha value is -5.13. The number of hydrogen-bond donors (Lipinski definition) is 6. The molecule has 4 aromatic rings. The van der Waals surface area contributed by atoms with Crippen molar-refractivity contribution in [3.05, 3.63) is 108 Å². The average molecular weight is 699 g/mol. The lowest BCUT2D eigenvalue weighted by Gasteiger charge is -2.33. The third-order valence-corrected chi connectivity index (χ3v) is 8.42. The lowest BCUT2D eigenvalue weighted by Crippen LogP contribution is -2.62. The minimum atomic E-state index is -1.46. The summed E-state index contributed by atoms with van der Waals surface area (Å²) in [5.41, 5.74) is 1.40. The number of hydrogen-bond acceptors (Lipinski definition) is 8. The normalized spacial score (nSPS) is 13.9. The van der Waals surface area contributed by atoms with Gasteiger partial charge in [-0.05, 0) is 67.1 Å². The van der Waals surface area contributed by atoms with Crippen molar-refractivity contribution in [1.82, 2.24) is 21.3 Å². The summed E-state index contributed by atoms with van der Waals surface area (Å²) < 4.78 is 10.7. The smallest absolute Gasteiger partial charge is 0.407 e. The van der Waals surface area contributed by atoms with Crippen LogP contribution in [-0.4, -0.2) is 65.1 Å². The summed E-state index contributed by atoms with van der Waals surface area (Å²) in [5, 5.41) is 36.1. The van der Waals surface area contributed by atoms with Gasteiger partial charge in [0.2, 0.25) is 11.8 Å². The Balaban J connectivity index is 1.62. The molecule has 272 valence electrons. The van der Waals surface area contributed by atoms with Gasteiger partial charge in [0.1, 0.15) is 29.2 Å². The largest absolute Gasteiger partial charge is 0.507 e. The molecule has 0 aliphatic carbocycles. The molecule has 0 radical (unpaired) electrons. The number of phenolic OH excluding ortho intramolecular Hbond substituents is 1. The number of aromatic hydroxyl groups is 1. The minimum Gasteiger partial charge on any atom is -0.507 e. The van der Waals surface area contributed by atoms with Crippen LogP contribution >= 0.6 is 0 Å². The Morgan fingerprint density at radius 2 is 1.47 bits per heavy atom. The highest BCUT2D eigenvalue weighted by Gasteiger charge is 2.37. The molecule has 11 heteroatoms. The highest BCUT2D eigenvalue weighted by molar-refractivity contribution is 5.90. The van der Waals surface area contributed by atoms with Gasteiger partial charge in [0.15, 0.2) is 0 Å². The molecule has 0 heterocycles. The highest BCUT2D eigenvalue weighted by Crippen LogP contribution is 2.23. The number of carbonyl (C=O) groups excluding carboxylic acids is 3. The number of ether oxygens (including phenoxy) is 2. The van der Waals surface area contributed by atoms with Gasteiger partial charge < -0.3 is 35.6 Å². The maximum atomic E-state index is 14.2. The van der Waals surface area contributed by atoms with Gasteiger partial charge in [-0.3, -0.25) is 14.9 Å². The summed E-state index contributed by atoms with van der Waals surface area (Å²) in [4.78, 5) is 40.8. The fraction of sp³-hybridized carbons (Fsp3) is 0.375. The number of alkyl carbamates (subject to hydrolysis) is 1. The van der Waals surface area contributed by atoms with Crippen LogP contribution in [0.1, 0.15) is 51.3 Å². The maximum absolute atomic E-state index is 14.2. The van der Waals surface area contributed by atoms with E-state index in [0.717, 1.165) is 21.9 Å². The summed E-state index contributed by atoms with van der Waals surface area (Å²) in [7, 11) is 1.49. The van der Waals surface area contributed by atoms with Crippen LogP contribution in [0.15, 0.2) is 91.0 Å². The molecule has 0 unspecified atom stereocenters. The lowest BCUT2D eigenvalue weighted by molar-refractivity contribution is -0.133. The van der Waals surface area contributed by atoms with Gasteiger partial charge in [-0.1, -0.05) is 86.6 Å². The quantitative estimate of drug-likeness (QED) is 0.102. The Morgan fingerprint density at radius 1 is 0.784 bits per heavy atom. The van der Waals surface area contributed by atoms with Gasteiger partial charge in [-0.15, -0.1) is 0 Å². The number of rotatable bonds is 15. The molecule has 0 spiro atoms. The number of aliphatic hydroxyl groups is 1. The summed E-state index contributed by atoms with van der Waals surface area (Å²) in [6.45, 7) is 9.03. The highest BCUT2D eigenvalue weighted by atomic mass is 16.6. The number of phenols is 1. The molecule has 0 fully saturated rings. The van der Waals surface area contributed by atoms with E-state index in [1.165, 1.54) is 13.2 Å². The van der Waals surface area contributed by atoms with E-state index in [1.807, 2.05) is 72.8 Å². The predicted octanol–water partition coefficient (Wildman–Crippen LogP) is 4.97. The van der Waals surface area contributed by atoms with E-state index in [1.54, 1.807) is 46.8 Å². The zero-order valence-electron chi connectivity index (χ0n) is 30.1. The van der Waals surface area contributed by atoms with Crippen molar-refractivity contribution in [1.29, 1.82) is 0 Å². The summed E-state index contributed by atoms with van der Waals surface area (Å²) in [5.74, 6) is -1.00. The number of aliphatic hydroxyl groups excluding tert-OH is 1. The zero-order chi connectivity index (χ0) is 37.1. The number of fused-ring (bicyclic) bond motifs is 1. The molecular weight excluding hydrogens is 648 g/mol. The van der Waals surface area contributed by atoms with Crippen molar-refractivity contribution in [2.75, 3.05) is 7.11 Å². The Kier molecular flexibility index (Phi) is 13.4. The summed E-state index contributed by atoms with van der Waals surface area (Å²) in [6, 6.07) is 24.6. The fourth-order valence-corrected chi connectivity index (χ4v) is 5.74. The van der Waals surface area contributed by atoms with Crippen LogP contribution in [0.4, 0.5) is 4.79 Å². The second-order valence-electron chi connectivity index (χ2n) is 13.9. The van der Waals surface area contributed by atoms with Crippen molar-refractivity contribution >= 4 is 28.7 Å². The maximum Gasteiger partial charge on any atom is 0.407 e. The van der Waals surface area contributed by atoms with Crippen molar-refractivity contribution in [3.63, 3.8) is 0 Å². The van der Waals surface area contributed by atoms with E-state index >= 15 is 0 Å². The Morgan fingerprint density at radius 3 is 2.14 bits per heavy atom. The van der Waals surface area contributed by atoms with Crippen LogP contribution in [0.2, 0.25) is 0 Å². The molecule has 0 aliphatic heterocycles. The van der Waals surface area contributed by atoms with E-state index in [4.69, 9.17) is 9.47 Å². The molecule has 4 rings (SSSR count). The van der Waals surface area contributed by atoms with Crippen molar-refractivity contribution in [2.24, 2.45) is 5.92 Å². The zero-order valence-corrected chi connectivity index (χ0v) is 30.1. The van der Waals surface area contributed by atoms with Gasteiger partial charge in [-0.25, -0.2) is 4.79 Å². The Bertz CT molecular complexity index is 1770. The molecule has 6 N–H and O–H groups in total. The number of nitrogens with one attached hydrogen (secondary N) is 4. The molecular formula is C40H50N4O7. The molecule has 0 bridgehead atoms. The predicted molar refractivity (Wildman–Crippen MR) is 197 cm³/mol. The number of methoxy groups -OCH3 is 1. The first kappa shape index (κ1) is 38.7. The van der Waals surface area contributed by atoms with E-state index in [9.17, 15) is 24.6 Å². The number of amides is 3. The van der Waals surface area contributed by atoms with Gasteiger partial charge in [0.05, 0.1) is 19.3 Å².